The molecule has 6 rings (SSSR count). The van der Waals surface area contributed by atoms with Gasteiger partial charge in [-0.1, -0.05) is 62.4 Å². The third-order valence-corrected chi connectivity index (χ3v) is 12.8. The summed E-state index contributed by atoms with van der Waals surface area (Å²) in [6, 6.07) is 14.5. The number of aliphatic hydroxyl groups excluding tert-OH is 2. The summed E-state index contributed by atoms with van der Waals surface area (Å²) in [6.07, 6.45) is -11.5. The Bertz CT molecular complexity index is 2100. The zero-order chi connectivity index (χ0) is 45.0. The Hall–Kier alpha value is -5.16. The number of hydrogen-bond acceptors (Lipinski definition) is 15. The highest BCUT2D eigenvalue weighted by Crippen LogP contribution is 2.64. The van der Waals surface area contributed by atoms with E-state index in [4.69, 9.17) is 28.4 Å². The highest BCUT2D eigenvalue weighted by atomic mass is 16.6. The van der Waals surface area contributed by atoms with Crippen LogP contribution in [-0.4, -0.2) is 111 Å². The zero-order valence-corrected chi connectivity index (χ0v) is 35.8. The van der Waals surface area contributed by atoms with E-state index < -0.39 is 118 Å². The van der Waals surface area contributed by atoms with E-state index in [1.807, 2.05) is 0 Å². The van der Waals surface area contributed by atoms with Crippen LogP contribution in [0.5, 0.6) is 0 Å². The molecule has 0 spiro atoms. The van der Waals surface area contributed by atoms with Crippen LogP contribution in [0.15, 0.2) is 71.8 Å². The highest BCUT2D eigenvalue weighted by molar-refractivity contribution is 5.95. The van der Waals surface area contributed by atoms with Crippen molar-refractivity contribution in [2.24, 2.45) is 16.7 Å². The minimum atomic E-state index is -2.40. The Balaban J connectivity index is 1.54. The molecule has 4 N–H and O–H groups in total. The molecule has 61 heavy (non-hydrogen) atoms. The monoisotopic (exact) mass is 849 g/mol. The molecule has 4 aliphatic rings. The van der Waals surface area contributed by atoms with E-state index in [2.05, 4.69) is 5.32 Å². The van der Waals surface area contributed by atoms with E-state index in [-0.39, 0.29) is 29.7 Å². The van der Waals surface area contributed by atoms with Crippen molar-refractivity contribution in [3.63, 3.8) is 0 Å². The van der Waals surface area contributed by atoms with Crippen LogP contribution >= 0.6 is 0 Å². The summed E-state index contributed by atoms with van der Waals surface area (Å²) in [7, 11) is 0. The van der Waals surface area contributed by atoms with Gasteiger partial charge in [0.25, 0.3) is 0 Å². The number of carbonyl (C=O) groups excluding carboxylic acids is 6. The highest BCUT2D eigenvalue weighted by Gasteiger charge is 2.78. The molecule has 6 unspecified atom stereocenters. The first-order valence-corrected chi connectivity index (χ1v) is 20.2. The minimum absolute atomic E-state index is 0.0126. The molecule has 3 aliphatic carbocycles. The molecule has 11 atom stereocenters. The lowest BCUT2D eigenvalue weighted by atomic mass is 9.44. The Morgan fingerprint density at radius 2 is 1.51 bits per heavy atom. The molecule has 0 radical (unpaired) electrons. The van der Waals surface area contributed by atoms with Crippen molar-refractivity contribution in [1.82, 2.24) is 5.32 Å². The molecule has 1 aliphatic heterocycles. The lowest BCUT2D eigenvalue weighted by molar-refractivity contribution is -0.346. The molecule has 1 amide bonds. The standard InChI is InChI=1S/C45H55NO15/c1-23-28(58-39(53)33(50)32(26-16-12-10-13-17-26)46-40(54)61-41(4,5)6)21-45(55)37(59-38(52)27-18-14-11-15-19-27)35-43(9,29(49)20-30-44(35,22-56-30)60-25(3)48)36(51)34(57-24(2)47)31(23)42(45,7)8/h10-19,28-30,32-35,37,49-50,55H,20-22H2,1-9H3,(H,46,54)/t28?,29-,30+,32?,33-,34?,35?,37?,43+,44?,45+/m0/s1. The molecular formula is C45H55NO15. The predicted molar refractivity (Wildman–Crippen MR) is 213 cm³/mol. The third kappa shape index (κ3) is 7.94. The number of rotatable bonds is 9. The van der Waals surface area contributed by atoms with Gasteiger partial charge in [-0.05, 0) is 63.5 Å². The fraction of sp³-hybridized carbons (Fsp3) is 0.556. The SMILES string of the molecule is CC(=O)OC1C(=O)[C@@]2(C)C(C(OC(=O)c3ccccc3)[C@]3(O)CC(OC(=O)[C@@H](O)C(NC(=O)OC(C)(C)C)c4ccccc4)C(C)=C1C3(C)C)C1(OC(C)=O)CO[C@@H]1C[C@@H]2O. The Morgan fingerprint density at radius 3 is 2.05 bits per heavy atom. The normalized spacial score (nSPS) is 32.5. The van der Waals surface area contributed by atoms with Gasteiger partial charge in [-0.3, -0.25) is 14.4 Å². The van der Waals surface area contributed by atoms with Crippen molar-refractivity contribution in [3.05, 3.63) is 82.9 Å². The molecule has 2 aromatic rings. The topological polar surface area (TPSA) is 231 Å². The van der Waals surface area contributed by atoms with Crippen molar-refractivity contribution in [2.75, 3.05) is 6.61 Å². The van der Waals surface area contributed by atoms with Gasteiger partial charge in [0.05, 0.1) is 35.6 Å². The fourth-order valence-electron chi connectivity index (χ4n) is 9.80. The van der Waals surface area contributed by atoms with Gasteiger partial charge < -0.3 is 49.1 Å². The number of ketones is 1. The number of hydrogen-bond donors (Lipinski definition) is 4. The van der Waals surface area contributed by atoms with Gasteiger partial charge in [0.2, 0.25) is 0 Å². The lowest BCUT2D eigenvalue weighted by Crippen LogP contribution is -2.82. The number of nitrogens with one attached hydrogen (secondary N) is 1. The summed E-state index contributed by atoms with van der Waals surface area (Å²) in [4.78, 5) is 82.9. The number of alkyl carbamates (subject to hydrolysis) is 1. The quantitative estimate of drug-likeness (QED) is 0.160. The van der Waals surface area contributed by atoms with E-state index in [0.717, 1.165) is 13.8 Å². The van der Waals surface area contributed by atoms with Crippen LogP contribution in [0.2, 0.25) is 0 Å². The molecule has 1 heterocycles. The van der Waals surface area contributed by atoms with Gasteiger partial charge in [0.15, 0.2) is 23.6 Å². The Morgan fingerprint density at radius 1 is 0.902 bits per heavy atom. The van der Waals surface area contributed by atoms with Crippen molar-refractivity contribution in [1.29, 1.82) is 0 Å². The molecule has 2 bridgehead atoms. The second-order valence-electron chi connectivity index (χ2n) is 18.2. The molecule has 16 nitrogen and oxygen atoms in total. The minimum Gasteiger partial charge on any atom is -0.456 e. The molecule has 1 saturated heterocycles. The van der Waals surface area contributed by atoms with E-state index >= 15 is 4.79 Å². The van der Waals surface area contributed by atoms with Crippen LogP contribution in [-0.2, 0) is 47.6 Å². The van der Waals surface area contributed by atoms with Gasteiger partial charge in [-0.15, -0.1) is 0 Å². The van der Waals surface area contributed by atoms with Crippen LogP contribution in [0.3, 0.4) is 0 Å². The maximum absolute atomic E-state index is 15.5. The maximum atomic E-state index is 15.5. The molecule has 2 saturated carbocycles. The number of esters is 4. The van der Waals surface area contributed by atoms with Crippen LogP contribution < -0.4 is 5.32 Å². The molecule has 330 valence electrons. The zero-order valence-electron chi connectivity index (χ0n) is 35.8. The summed E-state index contributed by atoms with van der Waals surface area (Å²) < 4.78 is 35.6. The first-order chi connectivity index (χ1) is 28.4. The largest absolute Gasteiger partial charge is 0.456 e. The van der Waals surface area contributed by atoms with Crippen LogP contribution in [0.4, 0.5) is 4.79 Å². The van der Waals surface area contributed by atoms with Gasteiger partial charge in [0.1, 0.15) is 29.5 Å². The average molecular weight is 850 g/mol. The van der Waals surface area contributed by atoms with E-state index in [1.54, 1.807) is 83.1 Å². The molecule has 2 aromatic carbocycles. The summed E-state index contributed by atoms with van der Waals surface area (Å²) in [5.41, 5.74) is -8.30. The van der Waals surface area contributed by atoms with Gasteiger partial charge in [0, 0.05) is 32.1 Å². The van der Waals surface area contributed by atoms with Crippen molar-refractivity contribution in [2.45, 2.75) is 135 Å². The Labute approximate surface area is 353 Å². The number of aliphatic hydroxyl groups is 3. The second kappa shape index (κ2) is 16.3. The van der Waals surface area contributed by atoms with Crippen molar-refractivity contribution in [3.8, 4) is 0 Å². The van der Waals surface area contributed by atoms with Crippen LogP contribution in [0.25, 0.3) is 0 Å². The summed E-state index contributed by atoms with van der Waals surface area (Å²) in [5.74, 6) is -6.30. The number of benzene rings is 2. The average Bonchev–Trinajstić information content (AvgIpc) is 3.17. The molecular weight excluding hydrogens is 794 g/mol. The van der Waals surface area contributed by atoms with E-state index in [9.17, 15) is 39.3 Å². The maximum Gasteiger partial charge on any atom is 0.408 e. The first-order valence-electron chi connectivity index (χ1n) is 20.2. The number of carbonyl (C=O) groups is 6. The summed E-state index contributed by atoms with van der Waals surface area (Å²) in [5, 5.41) is 39.9. The van der Waals surface area contributed by atoms with Gasteiger partial charge in [-0.2, -0.15) is 0 Å². The number of ether oxygens (including phenoxy) is 6. The molecule has 0 aromatic heterocycles. The van der Waals surface area contributed by atoms with Crippen molar-refractivity contribution >= 4 is 35.8 Å². The number of fused-ring (bicyclic) bond motifs is 5. The molecule has 3 fully saturated rings. The number of amides is 1. The number of Topliss-reactive ketones (excluding diaryl/α,β-unsaturated/α-hetero) is 1. The van der Waals surface area contributed by atoms with Gasteiger partial charge >= 0.3 is 30.0 Å². The summed E-state index contributed by atoms with van der Waals surface area (Å²) >= 11 is 0. The Kier molecular flexibility index (Phi) is 12.1. The van der Waals surface area contributed by atoms with Gasteiger partial charge in [-0.25, -0.2) is 14.4 Å². The van der Waals surface area contributed by atoms with Crippen molar-refractivity contribution < 1.29 is 72.5 Å². The third-order valence-electron chi connectivity index (χ3n) is 12.8. The second-order valence-corrected chi connectivity index (χ2v) is 18.2. The summed E-state index contributed by atoms with van der Waals surface area (Å²) in [6.45, 7) is 12.9. The van der Waals surface area contributed by atoms with Crippen LogP contribution in [0.1, 0.15) is 97.1 Å². The van der Waals surface area contributed by atoms with Crippen LogP contribution in [0, 0.1) is 16.7 Å². The smallest absolute Gasteiger partial charge is 0.408 e. The van der Waals surface area contributed by atoms with E-state index in [1.165, 1.54) is 26.0 Å². The lowest BCUT2D eigenvalue weighted by Gasteiger charge is -2.67. The van der Waals surface area contributed by atoms with E-state index in [0.29, 0.717) is 5.56 Å². The predicted octanol–water partition coefficient (Wildman–Crippen LogP) is 3.83. The fourth-order valence-corrected chi connectivity index (χ4v) is 9.80. The molecule has 16 heteroatoms. The first kappa shape index (κ1) is 45.4.